The molecule has 222 valence electrons. The molecule has 4 atom stereocenters. The standard InChI is InChI=1S/C36H44N2O4/c1-3-25-42-35(40)38-24-23-33(37)34(39)31-17-11-12-18-32(31)36(41,28-14-8-6-9-15-28)29-21-19-27(20-22-29)30-16-10-5-4-7-13-26(30)2/h3,6,8-9,11-12,14-15,17-22,26,30,33,41H,1,4-5,7,10,13,16,23-25,37H2,2H3,(H,38,40). The summed E-state index contributed by atoms with van der Waals surface area (Å²) in [5.74, 6) is 0.808. The first-order valence-electron chi connectivity index (χ1n) is 15.2. The van der Waals surface area contributed by atoms with Gasteiger partial charge in [-0.2, -0.15) is 0 Å². The highest BCUT2D eigenvalue weighted by molar-refractivity contribution is 6.01. The lowest BCUT2D eigenvalue weighted by molar-refractivity contribution is 0.0933. The molecular weight excluding hydrogens is 524 g/mol. The molecule has 3 aromatic rings. The van der Waals surface area contributed by atoms with E-state index in [-0.39, 0.29) is 25.4 Å². The summed E-state index contributed by atoms with van der Waals surface area (Å²) in [6.45, 7) is 6.15. The molecule has 4 rings (SSSR count). The number of Topliss-reactive ketones (excluding diaryl/α,β-unsaturated/α-hetero) is 1. The lowest BCUT2D eigenvalue weighted by atomic mass is 9.75. The SMILES string of the molecule is C=CCOC(=O)NCCC(N)C(=O)c1ccccc1C(O)(c1ccccc1)c1ccc(C2CCCCCCC2C)cc1. The van der Waals surface area contributed by atoms with E-state index < -0.39 is 17.7 Å². The normalized spacial score (nSPS) is 19.4. The van der Waals surface area contributed by atoms with Crippen LogP contribution in [0.2, 0.25) is 0 Å². The van der Waals surface area contributed by atoms with Gasteiger partial charge in [-0.05, 0) is 41.4 Å². The number of nitrogens with two attached hydrogens (primary N) is 1. The van der Waals surface area contributed by atoms with E-state index in [2.05, 4.69) is 31.0 Å². The highest BCUT2D eigenvalue weighted by atomic mass is 16.5. The van der Waals surface area contributed by atoms with E-state index in [9.17, 15) is 14.7 Å². The molecule has 0 spiro atoms. The number of ketones is 1. The smallest absolute Gasteiger partial charge is 0.407 e. The number of amides is 1. The fraction of sp³-hybridized carbons (Fsp3) is 0.389. The van der Waals surface area contributed by atoms with Crippen LogP contribution in [-0.4, -0.2) is 36.2 Å². The maximum absolute atomic E-state index is 13.7. The molecule has 0 bridgehead atoms. The molecule has 4 N–H and O–H groups in total. The second kappa shape index (κ2) is 14.9. The zero-order valence-electron chi connectivity index (χ0n) is 24.6. The van der Waals surface area contributed by atoms with Crippen LogP contribution in [0.25, 0.3) is 0 Å². The number of aliphatic hydroxyl groups is 1. The van der Waals surface area contributed by atoms with Gasteiger partial charge in [0, 0.05) is 17.7 Å². The summed E-state index contributed by atoms with van der Waals surface area (Å²) < 4.78 is 4.92. The van der Waals surface area contributed by atoms with Crippen molar-refractivity contribution in [3.05, 3.63) is 119 Å². The Labute approximate surface area is 250 Å². The zero-order chi connectivity index (χ0) is 30.0. The first-order valence-corrected chi connectivity index (χ1v) is 15.2. The van der Waals surface area contributed by atoms with Gasteiger partial charge in [-0.1, -0.05) is 131 Å². The molecule has 42 heavy (non-hydrogen) atoms. The summed E-state index contributed by atoms with van der Waals surface area (Å²) >= 11 is 0. The number of hydrogen-bond donors (Lipinski definition) is 3. The van der Waals surface area contributed by atoms with Crippen molar-refractivity contribution in [1.82, 2.24) is 5.32 Å². The predicted molar refractivity (Wildman–Crippen MR) is 168 cm³/mol. The highest BCUT2D eigenvalue weighted by Crippen LogP contribution is 2.41. The number of benzene rings is 3. The average Bonchev–Trinajstić information content (AvgIpc) is 3.01. The lowest BCUT2D eigenvalue weighted by Crippen LogP contribution is -2.38. The molecule has 1 amide bonds. The molecule has 6 nitrogen and oxygen atoms in total. The first-order chi connectivity index (χ1) is 20.4. The molecule has 6 heteroatoms. The fourth-order valence-electron chi connectivity index (χ4n) is 6.15. The maximum atomic E-state index is 13.7. The third kappa shape index (κ3) is 7.36. The van der Waals surface area contributed by atoms with Crippen molar-refractivity contribution in [2.75, 3.05) is 13.2 Å². The minimum absolute atomic E-state index is 0.100. The number of rotatable bonds is 11. The first kappa shape index (κ1) is 31.2. The Morgan fingerprint density at radius 2 is 1.62 bits per heavy atom. The molecular formula is C36H44N2O4. The molecule has 0 heterocycles. The Bertz CT molecular complexity index is 1320. The molecule has 0 aliphatic heterocycles. The number of hydrogen-bond acceptors (Lipinski definition) is 5. The number of alkyl carbamates (subject to hydrolysis) is 1. The largest absolute Gasteiger partial charge is 0.445 e. The van der Waals surface area contributed by atoms with Crippen molar-refractivity contribution in [2.24, 2.45) is 11.7 Å². The lowest BCUT2D eigenvalue weighted by Gasteiger charge is -2.33. The van der Waals surface area contributed by atoms with Crippen LogP contribution in [0.5, 0.6) is 0 Å². The summed E-state index contributed by atoms with van der Waals surface area (Å²) in [7, 11) is 0. The van der Waals surface area contributed by atoms with Crippen molar-refractivity contribution >= 4 is 11.9 Å². The van der Waals surface area contributed by atoms with Crippen LogP contribution >= 0.6 is 0 Å². The van der Waals surface area contributed by atoms with Gasteiger partial charge in [0.25, 0.3) is 0 Å². The average molecular weight is 569 g/mol. The van der Waals surface area contributed by atoms with Crippen LogP contribution in [0.1, 0.15) is 90.4 Å². The molecule has 1 aliphatic carbocycles. The molecule has 1 aliphatic rings. The summed E-state index contributed by atoms with van der Waals surface area (Å²) in [4.78, 5) is 25.4. The zero-order valence-corrected chi connectivity index (χ0v) is 24.6. The van der Waals surface area contributed by atoms with Crippen molar-refractivity contribution in [1.29, 1.82) is 0 Å². The Kier molecular flexibility index (Phi) is 11.1. The summed E-state index contributed by atoms with van der Waals surface area (Å²) in [6, 6.07) is 24.0. The number of carbonyl (C=O) groups excluding carboxylic acids is 2. The second-order valence-electron chi connectivity index (χ2n) is 11.4. The highest BCUT2D eigenvalue weighted by Gasteiger charge is 2.37. The Hall–Kier alpha value is -3.74. The third-order valence-corrected chi connectivity index (χ3v) is 8.54. The number of nitrogens with one attached hydrogen (secondary N) is 1. The summed E-state index contributed by atoms with van der Waals surface area (Å²) in [5, 5.41) is 15.2. The molecule has 4 unspecified atom stereocenters. The van der Waals surface area contributed by atoms with Gasteiger partial charge in [-0.15, -0.1) is 0 Å². The topological polar surface area (TPSA) is 102 Å². The monoisotopic (exact) mass is 568 g/mol. The van der Waals surface area contributed by atoms with Gasteiger partial charge in [0.05, 0.1) is 6.04 Å². The van der Waals surface area contributed by atoms with Gasteiger partial charge < -0.3 is 20.9 Å². The van der Waals surface area contributed by atoms with Crippen LogP contribution < -0.4 is 11.1 Å². The molecule has 0 saturated heterocycles. The van der Waals surface area contributed by atoms with Gasteiger partial charge >= 0.3 is 6.09 Å². The Morgan fingerprint density at radius 3 is 2.33 bits per heavy atom. The van der Waals surface area contributed by atoms with Gasteiger partial charge in [-0.25, -0.2) is 4.79 Å². The minimum atomic E-state index is -1.58. The molecule has 3 aromatic carbocycles. The van der Waals surface area contributed by atoms with Crippen molar-refractivity contribution in [2.45, 2.75) is 69.4 Å². The van der Waals surface area contributed by atoms with Gasteiger partial charge in [0.1, 0.15) is 12.2 Å². The second-order valence-corrected chi connectivity index (χ2v) is 11.4. The third-order valence-electron chi connectivity index (χ3n) is 8.54. The maximum Gasteiger partial charge on any atom is 0.407 e. The van der Waals surface area contributed by atoms with E-state index in [1.807, 2.05) is 48.5 Å². The van der Waals surface area contributed by atoms with Crippen LogP contribution in [0.4, 0.5) is 4.79 Å². The van der Waals surface area contributed by atoms with E-state index in [1.165, 1.54) is 50.2 Å². The van der Waals surface area contributed by atoms with Crippen LogP contribution in [-0.2, 0) is 10.3 Å². The van der Waals surface area contributed by atoms with E-state index in [0.717, 1.165) is 0 Å². The summed E-state index contributed by atoms with van der Waals surface area (Å²) in [6.07, 6.45) is 8.66. The van der Waals surface area contributed by atoms with Crippen molar-refractivity contribution < 1.29 is 19.4 Å². The quantitative estimate of drug-likeness (QED) is 0.133. The Morgan fingerprint density at radius 1 is 0.976 bits per heavy atom. The van der Waals surface area contributed by atoms with Crippen molar-refractivity contribution in [3.8, 4) is 0 Å². The van der Waals surface area contributed by atoms with Crippen LogP contribution in [0, 0.1) is 5.92 Å². The van der Waals surface area contributed by atoms with E-state index in [0.29, 0.717) is 34.1 Å². The predicted octanol–water partition coefficient (Wildman–Crippen LogP) is 6.86. The minimum Gasteiger partial charge on any atom is -0.445 e. The van der Waals surface area contributed by atoms with Crippen LogP contribution in [0.15, 0.2) is 91.5 Å². The molecule has 0 radical (unpaired) electrons. The molecule has 1 saturated carbocycles. The van der Waals surface area contributed by atoms with E-state index in [1.54, 1.807) is 18.2 Å². The van der Waals surface area contributed by atoms with Crippen LogP contribution in [0.3, 0.4) is 0 Å². The molecule has 1 fully saturated rings. The Balaban J connectivity index is 1.65. The van der Waals surface area contributed by atoms with Gasteiger partial charge in [0.2, 0.25) is 0 Å². The van der Waals surface area contributed by atoms with Crippen molar-refractivity contribution in [3.63, 3.8) is 0 Å². The number of carbonyl (C=O) groups is 2. The summed E-state index contributed by atoms with van der Waals surface area (Å²) in [5.41, 5.74) is 8.23. The number of ether oxygens (including phenoxy) is 1. The molecule has 0 aromatic heterocycles. The van der Waals surface area contributed by atoms with Gasteiger partial charge in [-0.3, -0.25) is 4.79 Å². The van der Waals surface area contributed by atoms with E-state index >= 15 is 0 Å². The van der Waals surface area contributed by atoms with Gasteiger partial charge in [0.15, 0.2) is 5.78 Å². The fourth-order valence-corrected chi connectivity index (χ4v) is 6.15. The van der Waals surface area contributed by atoms with E-state index in [4.69, 9.17) is 10.5 Å².